The van der Waals surface area contributed by atoms with Crippen LogP contribution < -0.4 is 24.8 Å². The van der Waals surface area contributed by atoms with Gasteiger partial charge in [-0.25, -0.2) is 12.8 Å². The van der Waals surface area contributed by atoms with Crippen molar-refractivity contribution >= 4 is 56.0 Å². The standard InChI is InChI=1S/C21H19ClFN3O4S2/c1-29-15-6-3-13(4-7-15)26-32(27,28)16-8-10-19(20(12-16)30-2)25-21(31)24-14-5-9-17(22)18(23)11-14/h3-12,26H,1-2H3,(H2,24,25,31). The van der Waals surface area contributed by atoms with E-state index < -0.39 is 15.8 Å². The summed E-state index contributed by atoms with van der Waals surface area (Å²) in [6.45, 7) is 0. The molecule has 11 heteroatoms. The predicted molar refractivity (Wildman–Crippen MR) is 128 cm³/mol. The third-order valence-electron chi connectivity index (χ3n) is 4.25. The fraction of sp³-hybridized carbons (Fsp3) is 0.0952. The maximum Gasteiger partial charge on any atom is 0.262 e. The van der Waals surface area contributed by atoms with Crippen LogP contribution in [0.1, 0.15) is 0 Å². The van der Waals surface area contributed by atoms with Crippen molar-refractivity contribution in [2.24, 2.45) is 0 Å². The highest BCUT2D eigenvalue weighted by Gasteiger charge is 2.17. The smallest absolute Gasteiger partial charge is 0.262 e. The number of benzene rings is 3. The number of sulfonamides is 1. The molecule has 0 fully saturated rings. The molecule has 3 rings (SSSR count). The Morgan fingerprint density at radius 2 is 1.62 bits per heavy atom. The summed E-state index contributed by atoms with van der Waals surface area (Å²) in [4.78, 5) is -0.00521. The highest BCUT2D eigenvalue weighted by atomic mass is 35.5. The lowest BCUT2D eigenvalue weighted by Crippen LogP contribution is -2.20. The van der Waals surface area contributed by atoms with Crippen molar-refractivity contribution < 1.29 is 22.3 Å². The molecule has 0 spiro atoms. The Labute approximate surface area is 195 Å². The minimum absolute atomic E-state index is 0.00357. The zero-order valence-electron chi connectivity index (χ0n) is 17.0. The van der Waals surface area contributed by atoms with Crippen LogP contribution in [-0.4, -0.2) is 27.7 Å². The van der Waals surface area contributed by atoms with Gasteiger partial charge in [0, 0.05) is 17.4 Å². The molecule has 3 aromatic carbocycles. The molecule has 0 bridgehead atoms. The molecule has 0 aliphatic carbocycles. The van der Waals surface area contributed by atoms with E-state index in [-0.39, 0.29) is 20.8 Å². The van der Waals surface area contributed by atoms with Crippen LogP contribution in [0.5, 0.6) is 11.5 Å². The van der Waals surface area contributed by atoms with Crippen LogP contribution in [0.3, 0.4) is 0 Å². The first-order valence-corrected chi connectivity index (χ1v) is 11.4. The number of rotatable bonds is 7. The number of methoxy groups -OCH3 is 2. The molecule has 0 heterocycles. The molecule has 0 saturated carbocycles. The second kappa shape index (κ2) is 10.0. The summed E-state index contributed by atoms with van der Waals surface area (Å²) in [7, 11) is -0.944. The van der Waals surface area contributed by atoms with Crippen LogP contribution in [-0.2, 0) is 10.0 Å². The van der Waals surface area contributed by atoms with Gasteiger partial charge in [-0.1, -0.05) is 11.6 Å². The zero-order chi connectivity index (χ0) is 23.3. The van der Waals surface area contributed by atoms with E-state index in [1.54, 1.807) is 30.3 Å². The van der Waals surface area contributed by atoms with E-state index in [1.807, 2.05) is 0 Å². The van der Waals surface area contributed by atoms with E-state index in [0.717, 1.165) is 0 Å². The van der Waals surface area contributed by atoms with E-state index in [4.69, 9.17) is 33.3 Å². The maximum absolute atomic E-state index is 13.6. The summed E-state index contributed by atoms with van der Waals surface area (Å²) in [5.74, 6) is 0.265. The number of nitrogens with one attached hydrogen (secondary N) is 3. The largest absolute Gasteiger partial charge is 0.497 e. The molecule has 0 atom stereocenters. The molecule has 0 aliphatic rings. The average Bonchev–Trinajstić information content (AvgIpc) is 2.76. The molecule has 32 heavy (non-hydrogen) atoms. The Morgan fingerprint density at radius 1 is 0.938 bits per heavy atom. The van der Waals surface area contributed by atoms with Gasteiger partial charge in [-0.2, -0.15) is 0 Å². The first-order valence-electron chi connectivity index (χ1n) is 9.10. The first-order chi connectivity index (χ1) is 15.2. The second-order valence-electron chi connectivity index (χ2n) is 6.40. The molecule has 168 valence electrons. The molecule has 0 unspecified atom stereocenters. The van der Waals surface area contributed by atoms with Crippen LogP contribution in [0.25, 0.3) is 0 Å². The summed E-state index contributed by atoms with van der Waals surface area (Å²) >= 11 is 10.9. The van der Waals surface area contributed by atoms with Crippen LogP contribution in [0.4, 0.5) is 21.5 Å². The van der Waals surface area contributed by atoms with Crippen molar-refractivity contribution in [1.29, 1.82) is 0 Å². The Kier molecular flexibility index (Phi) is 7.39. The fourth-order valence-corrected chi connectivity index (χ4v) is 4.09. The van der Waals surface area contributed by atoms with Gasteiger partial charge in [-0.3, -0.25) is 4.72 Å². The zero-order valence-corrected chi connectivity index (χ0v) is 19.4. The summed E-state index contributed by atoms with van der Waals surface area (Å²) in [6.07, 6.45) is 0. The Bertz CT molecular complexity index is 1240. The van der Waals surface area contributed by atoms with Crippen molar-refractivity contribution in [3.8, 4) is 11.5 Å². The molecule has 0 aromatic heterocycles. The van der Waals surface area contributed by atoms with Crippen LogP contribution in [0.15, 0.2) is 65.6 Å². The van der Waals surface area contributed by atoms with E-state index in [9.17, 15) is 12.8 Å². The average molecular weight is 496 g/mol. The van der Waals surface area contributed by atoms with E-state index >= 15 is 0 Å². The van der Waals surface area contributed by atoms with Gasteiger partial charge < -0.3 is 20.1 Å². The van der Waals surface area contributed by atoms with E-state index in [1.165, 1.54) is 44.6 Å². The topological polar surface area (TPSA) is 88.7 Å². The summed E-state index contributed by atoms with van der Waals surface area (Å²) in [6, 6.07) is 14.9. The lowest BCUT2D eigenvalue weighted by Gasteiger charge is -2.15. The minimum Gasteiger partial charge on any atom is -0.497 e. The Morgan fingerprint density at radius 3 is 2.25 bits per heavy atom. The number of hydrogen-bond acceptors (Lipinski definition) is 5. The van der Waals surface area contributed by atoms with Crippen molar-refractivity contribution in [2.45, 2.75) is 4.90 Å². The molecule has 3 N–H and O–H groups in total. The molecule has 7 nitrogen and oxygen atoms in total. The summed E-state index contributed by atoms with van der Waals surface area (Å²) in [5.41, 5.74) is 1.20. The molecule has 0 aliphatic heterocycles. The van der Waals surface area contributed by atoms with Crippen molar-refractivity contribution in [1.82, 2.24) is 0 Å². The third kappa shape index (κ3) is 5.78. The molecule has 0 radical (unpaired) electrons. The SMILES string of the molecule is COc1ccc(NS(=O)(=O)c2ccc(NC(=S)Nc3ccc(Cl)c(F)c3)c(OC)c2)cc1. The van der Waals surface area contributed by atoms with E-state index in [2.05, 4.69) is 15.4 Å². The number of hydrogen-bond donors (Lipinski definition) is 3. The van der Waals surface area contributed by atoms with Gasteiger partial charge in [0.2, 0.25) is 0 Å². The van der Waals surface area contributed by atoms with Gasteiger partial charge in [0.15, 0.2) is 5.11 Å². The third-order valence-corrected chi connectivity index (χ3v) is 6.14. The first kappa shape index (κ1) is 23.6. The fourth-order valence-electron chi connectivity index (χ4n) is 2.67. The Balaban J connectivity index is 1.75. The maximum atomic E-state index is 13.6. The lowest BCUT2D eigenvalue weighted by molar-refractivity contribution is 0.415. The summed E-state index contributed by atoms with van der Waals surface area (Å²) < 4.78 is 52.0. The molecular weight excluding hydrogens is 477 g/mol. The van der Waals surface area contributed by atoms with Crippen molar-refractivity contribution in [3.63, 3.8) is 0 Å². The van der Waals surface area contributed by atoms with Gasteiger partial charge in [-0.05, 0) is 66.8 Å². The van der Waals surface area contributed by atoms with Gasteiger partial charge in [0.25, 0.3) is 10.0 Å². The predicted octanol–water partition coefficient (Wildman–Crippen LogP) is 5.11. The second-order valence-corrected chi connectivity index (χ2v) is 8.90. The van der Waals surface area contributed by atoms with Crippen molar-refractivity contribution in [3.05, 3.63) is 71.5 Å². The Hall–Kier alpha value is -3.08. The van der Waals surface area contributed by atoms with Gasteiger partial charge in [0.1, 0.15) is 17.3 Å². The van der Waals surface area contributed by atoms with Crippen LogP contribution in [0.2, 0.25) is 5.02 Å². The number of anilines is 3. The summed E-state index contributed by atoms with van der Waals surface area (Å²) in [5, 5.41) is 5.86. The van der Waals surface area contributed by atoms with Gasteiger partial charge in [-0.15, -0.1) is 0 Å². The quantitative estimate of drug-likeness (QED) is 0.393. The molecule has 0 saturated heterocycles. The minimum atomic E-state index is -3.87. The van der Waals surface area contributed by atoms with Gasteiger partial charge >= 0.3 is 0 Å². The molecule has 3 aromatic rings. The molecule has 0 amide bonds. The highest BCUT2D eigenvalue weighted by molar-refractivity contribution is 7.92. The normalized spacial score (nSPS) is 10.9. The van der Waals surface area contributed by atoms with Gasteiger partial charge in [0.05, 0.1) is 29.8 Å². The number of halogens is 2. The number of thiocarbonyl (C=S) groups is 1. The number of ether oxygens (including phenoxy) is 2. The highest BCUT2D eigenvalue weighted by Crippen LogP contribution is 2.29. The monoisotopic (exact) mass is 495 g/mol. The van der Waals surface area contributed by atoms with E-state index in [0.29, 0.717) is 22.8 Å². The van der Waals surface area contributed by atoms with Crippen LogP contribution in [0, 0.1) is 5.82 Å². The molecular formula is C21H19ClFN3O4S2. The van der Waals surface area contributed by atoms with Crippen LogP contribution >= 0.6 is 23.8 Å². The van der Waals surface area contributed by atoms with Crippen molar-refractivity contribution in [2.75, 3.05) is 29.6 Å². The lowest BCUT2D eigenvalue weighted by atomic mass is 10.3.